The summed E-state index contributed by atoms with van der Waals surface area (Å²) in [4.78, 5) is 13.1. The van der Waals surface area contributed by atoms with Crippen LogP contribution in [0.25, 0.3) is 6.08 Å². The molecule has 1 aromatic carbocycles. The van der Waals surface area contributed by atoms with Crippen LogP contribution in [0.4, 0.5) is 0 Å². The number of benzene rings is 1. The molecule has 0 aromatic heterocycles. The summed E-state index contributed by atoms with van der Waals surface area (Å²) >= 11 is 0. The fraction of sp³-hybridized carbons (Fsp3) is 0.250. The molecule has 0 atom stereocenters. The van der Waals surface area contributed by atoms with Crippen molar-refractivity contribution in [1.82, 2.24) is 4.90 Å². The van der Waals surface area contributed by atoms with Crippen LogP contribution in [0.3, 0.4) is 0 Å². The van der Waals surface area contributed by atoms with E-state index in [2.05, 4.69) is 0 Å². The van der Waals surface area contributed by atoms with Gasteiger partial charge in [-0.25, -0.2) is 0 Å². The summed E-state index contributed by atoms with van der Waals surface area (Å²) in [5.74, 6) is 0.0179. The van der Waals surface area contributed by atoms with E-state index in [4.69, 9.17) is 5.73 Å². The Bertz CT molecular complexity index is 352. The Morgan fingerprint density at radius 1 is 1.33 bits per heavy atom. The van der Waals surface area contributed by atoms with E-state index in [0.29, 0.717) is 12.1 Å². The van der Waals surface area contributed by atoms with Crippen molar-refractivity contribution in [3.8, 4) is 0 Å². The number of rotatable bonds is 3. The van der Waals surface area contributed by atoms with Crippen molar-refractivity contribution < 1.29 is 4.79 Å². The van der Waals surface area contributed by atoms with Gasteiger partial charge in [0.25, 0.3) is 5.91 Å². The highest BCUT2D eigenvalue weighted by Crippen LogP contribution is 2.07. The van der Waals surface area contributed by atoms with Crippen molar-refractivity contribution in [1.29, 1.82) is 0 Å². The number of hydrogen-bond donors (Lipinski definition) is 1. The van der Waals surface area contributed by atoms with E-state index < -0.39 is 0 Å². The Balaban J connectivity index is 2.81. The maximum absolute atomic E-state index is 11.6. The van der Waals surface area contributed by atoms with Gasteiger partial charge in [0.15, 0.2) is 0 Å². The van der Waals surface area contributed by atoms with E-state index >= 15 is 0 Å². The van der Waals surface area contributed by atoms with Gasteiger partial charge in [-0.1, -0.05) is 24.3 Å². The third-order valence-electron chi connectivity index (χ3n) is 2.01. The maximum Gasteiger partial charge on any atom is 0.253 e. The SMILES string of the molecule is CN(C)C(=O)c1ccc(/C=C/CN)cc1. The summed E-state index contributed by atoms with van der Waals surface area (Å²) in [6.45, 7) is 0.526. The van der Waals surface area contributed by atoms with Crippen molar-refractivity contribution in [3.05, 3.63) is 41.5 Å². The molecule has 15 heavy (non-hydrogen) atoms. The van der Waals surface area contributed by atoms with E-state index in [9.17, 15) is 4.79 Å². The molecule has 0 aliphatic rings. The van der Waals surface area contributed by atoms with Crippen LogP contribution in [0.2, 0.25) is 0 Å². The monoisotopic (exact) mass is 204 g/mol. The summed E-state index contributed by atoms with van der Waals surface area (Å²) in [5.41, 5.74) is 7.10. The van der Waals surface area contributed by atoms with Crippen LogP contribution in [0.15, 0.2) is 30.3 Å². The number of carbonyl (C=O) groups excluding carboxylic acids is 1. The van der Waals surface area contributed by atoms with Crippen LogP contribution in [0.1, 0.15) is 15.9 Å². The normalized spacial score (nSPS) is 10.6. The molecule has 1 aromatic rings. The van der Waals surface area contributed by atoms with Gasteiger partial charge in [0.05, 0.1) is 0 Å². The largest absolute Gasteiger partial charge is 0.345 e. The van der Waals surface area contributed by atoms with Crippen molar-refractivity contribution >= 4 is 12.0 Å². The molecule has 0 fully saturated rings. The molecule has 1 rings (SSSR count). The van der Waals surface area contributed by atoms with E-state index in [0.717, 1.165) is 5.56 Å². The lowest BCUT2D eigenvalue weighted by molar-refractivity contribution is 0.0827. The van der Waals surface area contributed by atoms with Gasteiger partial charge < -0.3 is 10.6 Å². The molecule has 3 heteroatoms. The van der Waals surface area contributed by atoms with Crippen LogP contribution in [0, 0.1) is 0 Å². The summed E-state index contributed by atoms with van der Waals surface area (Å²) in [6, 6.07) is 7.45. The van der Waals surface area contributed by atoms with Gasteiger partial charge in [0, 0.05) is 26.2 Å². The number of amides is 1. The molecule has 1 amide bonds. The number of nitrogens with zero attached hydrogens (tertiary/aromatic N) is 1. The zero-order valence-corrected chi connectivity index (χ0v) is 9.10. The Hall–Kier alpha value is -1.61. The molecular weight excluding hydrogens is 188 g/mol. The molecule has 0 aliphatic heterocycles. The number of nitrogens with two attached hydrogens (primary N) is 1. The lowest BCUT2D eigenvalue weighted by atomic mass is 10.1. The second-order valence-electron chi connectivity index (χ2n) is 3.46. The van der Waals surface area contributed by atoms with Gasteiger partial charge in [-0.15, -0.1) is 0 Å². The molecule has 0 aliphatic carbocycles. The number of hydrogen-bond acceptors (Lipinski definition) is 2. The summed E-state index contributed by atoms with van der Waals surface area (Å²) in [6.07, 6.45) is 3.81. The van der Waals surface area contributed by atoms with Crippen LogP contribution in [-0.2, 0) is 0 Å². The molecular formula is C12H16N2O. The lowest BCUT2D eigenvalue weighted by Gasteiger charge is -2.09. The number of carbonyl (C=O) groups is 1. The van der Waals surface area contributed by atoms with Gasteiger partial charge in [0.1, 0.15) is 0 Å². The highest BCUT2D eigenvalue weighted by molar-refractivity contribution is 5.94. The first-order valence-corrected chi connectivity index (χ1v) is 4.83. The fourth-order valence-electron chi connectivity index (χ4n) is 1.20. The summed E-state index contributed by atoms with van der Waals surface area (Å²) in [7, 11) is 3.48. The molecule has 3 nitrogen and oxygen atoms in total. The van der Waals surface area contributed by atoms with E-state index in [1.807, 2.05) is 36.4 Å². The van der Waals surface area contributed by atoms with Crippen molar-refractivity contribution in [2.24, 2.45) is 5.73 Å². The third kappa shape index (κ3) is 3.22. The smallest absolute Gasteiger partial charge is 0.253 e. The Morgan fingerprint density at radius 2 is 1.93 bits per heavy atom. The molecule has 0 bridgehead atoms. The average molecular weight is 204 g/mol. The Morgan fingerprint density at radius 3 is 2.40 bits per heavy atom. The lowest BCUT2D eigenvalue weighted by Crippen LogP contribution is -2.21. The predicted octanol–water partition coefficient (Wildman–Crippen LogP) is 1.36. The maximum atomic E-state index is 11.6. The van der Waals surface area contributed by atoms with Crippen molar-refractivity contribution in [3.63, 3.8) is 0 Å². The zero-order valence-electron chi connectivity index (χ0n) is 9.10. The van der Waals surface area contributed by atoms with Crippen LogP contribution < -0.4 is 5.73 Å². The Labute approximate surface area is 90.2 Å². The first kappa shape index (κ1) is 11.5. The highest BCUT2D eigenvalue weighted by Gasteiger charge is 2.05. The molecule has 80 valence electrons. The minimum atomic E-state index is 0.0179. The van der Waals surface area contributed by atoms with E-state index in [-0.39, 0.29) is 5.91 Å². The quantitative estimate of drug-likeness (QED) is 0.808. The van der Waals surface area contributed by atoms with Gasteiger partial charge in [0.2, 0.25) is 0 Å². The second kappa shape index (κ2) is 5.32. The topological polar surface area (TPSA) is 46.3 Å². The summed E-state index contributed by atoms with van der Waals surface area (Å²) < 4.78 is 0. The second-order valence-corrected chi connectivity index (χ2v) is 3.46. The standard InChI is InChI=1S/C12H16N2O/c1-14(2)12(15)11-7-5-10(6-8-11)4-3-9-13/h3-8H,9,13H2,1-2H3/b4-3+. The van der Waals surface area contributed by atoms with Gasteiger partial charge in [-0.05, 0) is 17.7 Å². The van der Waals surface area contributed by atoms with Gasteiger partial charge in [-0.2, -0.15) is 0 Å². The highest BCUT2D eigenvalue weighted by atomic mass is 16.2. The Kier molecular flexibility index (Phi) is 4.06. The van der Waals surface area contributed by atoms with E-state index in [1.165, 1.54) is 0 Å². The molecule has 2 N–H and O–H groups in total. The third-order valence-corrected chi connectivity index (χ3v) is 2.01. The molecule has 0 radical (unpaired) electrons. The zero-order chi connectivity index (χ0) is 11.3. The van der Waals surface area contributed by atoms with Gasteiger partial charge >= 0.3 is 0 Å². The molecule has 0 heterocycles. The van der Waals surface area contributed by atoms with Crippen molar-refractivity contribution in [2.75, 3.05) is 20.6 Å². The first-order chi connectivity index (χ1) is 7.15. The molecule has 0 saturated heterocycles. The molecule has 0 unspecified atom stereocenters. The first-order valence-electron chi connectivity index (χ1n) is 4.83. The van der Waals surface area contributed by atoms with Crippen LogP contribution in [-0.4, -0.2) is 31.4 Å². The molecule has 0 saturated carbocycles. The van der Waals surface area contributed by atoms with Crippen molar-refractivity contribution in [2.45, 2.75) is 0 Å². The van der Waals surface area contributed by atoms with E-state index in [1.54, 1.807) is 19.0 Å². The molecule has 0 spiro atoms. The fourth-order valence-corrected chi connectivity index (χ4v) is 1.20. The van der Waals surface area contributed by atoms with Crippen LogP contribution >= 0.6 is 0 Å². The van der Waals surface area contributed by atoms with Crippen LogP contribution in [0.5, 0.6) is 0 Å². The summed E-state index contributed by atoms with van der Waals surface area (Å²) in [5, 5.41) is 0. The van der Waals surface area contributed by atoms with Gasteiger partial charge in [-0.3, -0.25) is 4.79 Å². The average Bonchev–Trinajstić information content (AvgIpc) is 2.26. The predicted molar refractivity (Wildman–Crippen MR) is 62.5 cm³/mol. The minimum absolute atomic E-state index is 0.0179. The minimum Gasteiger partial charge on any atom is -0.345 e.